The van der Waals surface area contributed by atoms with Crippen LogP contribution in [0, 0.1) is 5.82 Å². The summed E-state index contributed by atoms with van der Waals surface area (Å²) in [5.74, 6) is 0.973. The largest absolute Gasteiger partial charge is 0.348 e. The number of rotatable bonds is 5. The number of nitrogens with zero attached hydrogens (tertiary/aromatic N) is 5. The third kappa shape index (κ3) is 4.87. The van der Waals surface area contributed by atoms with Gasteiger partial charge in [0, 0.05) is 37.1 Å². The number of thioether (sulfide) groups is 1. The van der Waals surface area contributed by atoms with Gasteiger partial charge in [-0.1, -0.05) is 6.07 Å². The number of hydrogen-bond donors (Lipinski definition) is 2. The van der Waals surface area contributed by atoms with Crippen molar-refractivity contribution in [1.29, 1.82) is 0 Å². The number of hydrogen-bond acceptors (Lipinski definition) is 7. The number of aromatic nitrogens is 5. The lowest BCUT2D eigenvalue weighted by Gasteiger charge is -2.31. The second kappa shape index (κ2) is 10.6. The minimum atomic E-state index is -0.604. The van der Waals surface area contributed by atoms with Gasteiger partial charge in [-0.05, 0) is 67.7 Å². The Kier molecular flexibility index (Phi) is 6.98. The van der Waals surface area contributed by atoms with Crippen LogP contribution in [0.1, 0.15) is 66.7 Å². The molecule has 10 nitrogen and oxygen atoms in total. The SMILES string of the molecule is NCc1ccc2nc(C(=O)N[C@H]3CC[C@@H](n4c(=O)c5cc(F)cnc5n(C5CCSCC5)c4=O)CC3)cn2c1. The molecule has 1 amide bonds. The maximum atomic E-state index is 14.1. The van der Waals surface area contributed by atoms with E-state index in [1.807, 2.05) is 30.1 Å². The first kappa shape index (κ1) is 25.8. The summed E-state index contributed by atoms with van der Waals surface area (Å²) in [5.41, 5.74) is 7.00. The predicted molar refractivity (Wildman–Crippen MR) is 148 cm³/mol. The second-order valence-corrected chi connectivity index (χ2v) is 11.5. The average Bonchev–Trinajstić information content (AvgIpc) is 3.39. The second-order valence-electron chi connectivity index (χ2n) is 10.3. The minimum absolute atomic E-state index is 0.0759. The maximum absolute atomic E-state index is 14.1. The molecule has 0 unspecified atom stereocenters. The summed E-state index contributed by atoms with van der Waals surface area (Å²) in [5, 5.41) is 3.19. The Morgan fingerprint density at radius 1 is 1.05 bits per heavy atom. The number of nitrogens with two attached hydrogens (primary N) is 1. The quantitative estimate of drug-likeness (QED) is 0.390. The third-order valence-corrected chi connectivity index (χ3v) is 8.91. The molecule has 39 heavy (non-hydrogen) atoms. The molecule has 4 aromatic rings. The van der Waals surface area contributed by atoms with Crippen LogP contribution >= 0.6 is 11.8 Å². The number of carbonyl (C=O) groups is 1. The Morgan fingerprint density at radius 3 is 2.54 bits per heavy atom. The van der Waals surface area contributed by atoms with E-state index in [1.165, 1.54) is 10.6 Å². The van der Waals surface area contributed by atoms with Gasteiger partial charge in [0.25, 0.3) is 11.5 Å². The predicted octanol–water partition coefficient (Wildman–Crippen LogP) is 2.79. The number of pyridine rings is 2. The third-order valence-electron chi connectivity index (χ3n) is 7.86. The first-order chi connectivity index (χ1) is 18.9. The smallest absolute Gasteiger partial charge is 0.333 e. The average molecular weight is 552 g/mol. The van der Waals surface area contributed by atoms with Crippen molar-refractivity contribution in [3.63, 3.8) is 0 Å². The van der Waals surface area contributed by atoms with Crippen molar-refractivity contribution >= 4 is 34.3 Å². The topological polar surface area (TPSA) is 129 Å². The van der Waals surface area contributed by atoms with Crippen molar-refractivity contribution in [2.24, 2.45) is 5.73 Å². The van der Waals surface area contributed by atoms with Crippen LogP contribution < -0.4 is 22.3 Å². The molecular formula is C27H30FN7O3S. The summed E-state index contributed by atoms with van der Waals surface area (Å²) >= 11 is 1.84. The van der Waals surface area contributed by atoms with Gasteiger partial charge < -0.3 is 15.5 Å². The van der Waals surface area contributed by atoms with Crippen LogP contribution in [0.2, 0.25) is 0 Å². The van der Waals surface area contributed by atoms with Crippen LogP contribution in [0.3, 0.4) is 0 Å². The summed E-state index contributed by atoms with van der Waals surface area (Å²) < 4.78 is 18.8. The van der Waals surface area contributed by atoms with E-state index >= 15 is 0 Å². The monoisotopic (exact) mass is 551 g/mol. The van der Waals surface area contributed by atoms with Gasteiger partial charge >= 0.3 is 5.69 Å². The molecule has 6 rings (SSSR count). The molecular weight excluding hydrogens is 521 g/mol. The van der Waals surface area contributed by atoms with E-state index in [9.17, 15) is 18.8 Å². The van der Waals surface area contributed by atoms with Gasteiger partial charge in [-0.3, -0.25) is 18.7 Å². The lowest BCUT2D eigenvalue weighted by atomic mass is 9.90. The summed E-state index contributed by atoms with van der Waals surface area (Å²) in [6.45, 7) is 0.398. The van der Waals surface area contributed by atoms with E-state index < -0.39 is 11.4 Å². The lowest BCUT2D eigenvalue weighted by Crippen LogP contribution is -2.46. The van der Waals surface area contributed by atoms with Crippen molar-refractivity contribution < 1.29 is 9.18 Å². The lowest BCUT2D eigenvalue weighted by molar-refractivity contribution is 0.0917. The van der Waals surface area contributed by atoms with E-state index in [0.717, 1.165) is 36.1 Å². The molecule has 204 valence electrons. The fourth-order valence-corrected chi connectivity index (χ4v) is 6.89. The summed E-state index contributed by atoms with van der Waals surface area (Å²) in [6, 6.07) is 4.38. The molecule has 1 aliphatic heterocycles. The molecule has 1 aliphatic carbocycles. The summed E-state index contributed by atoms with van der Waals surface area (Å²) in [4.78, 5) is 48.7. The van der Waals surface area contributed by atoms with Gasteiger partial charge in [-0.25, -0.2) is 19.2 Å². The van der Waals surface area contributed by atoms with Crippen LogP contribution in [0.25, 0.3) is 16.7 Å². The fourth-order valence-electron chi connectivity index (χ4n) is 5.80. The van der Waals surface area contributed by atoms with Crippen molar-refractivity contribution in [3.05, 3.63) is 74.7 Å². The van der Waals surface area contributed by atoms with Crippen LogP contribution in [-0.2, 0) is 6.54 Å². The van der Waals surface area contributed by atoms with E-state index in [2.05, 4.69) is 15.3 Å². The number of imidazole rings is 1. The Balaban J connectivity index is 1.23. The maximum Gasteiger partial charge on any atom is 0.333 e. The Hall–Kier alpha value is -3.51. The molecule has 0 radical (unpaired) electrons. The molecule has 2 aliphatic rings. The normalized spacial score (nSPS) is 20.5. The Labute approximate surface area is 227 Å². The van der Waals surface area contributed by atoms with Crippen LogP contribution in [0.5, 0.6) is 0 Å². The van der Waals surface area contributed by atoms with Gasteiger partial charge in [0.15, 0.2) is 0 Å². The highest BCUT2D eigenvalue weighted by atomic mass is 32.2. The van der Waals surface area contributed by atoms with E-state index in [4.69, 9.17) is 5.73 Å². The van der Waals surface area contributed by atoms with Crippen LogP contribution in [0.15, 0.2) is 46.4 Å². The van der Waals surface area contributed by atoms with Crippen molar-refractivity contribution in [2.45, 2.75) is 63.2 Å². The molecule has 0 spiro atoms. The molecule has 3 N–H and O–H groups in total. The van der Waals surface area contributed by atoms with Gasteiger partial charge in [-0.2, -0.15) is 11.8 Å². The molecule has 5 heterocycles. The summed E-state index contributed by atoms with van der Waals surface area (Å²) in [6.07, 6.45) is 8.49. The first-order valence-corrected chi connectivity index (χ1v) is 14.5. The Bertz CT molecular complexity index is 1670. The van der Waals surface area contributed by atoms with E-state index in [-0.39, 0.29) is 40.8 Å². The van der Waals surface area contributed by atoms with Gasteiger partial charge in [-0.15, -0.1) is 0 Å². The number of nitrogens with one attached hydrogen (secondary N) is 1. The zero-order valence-corrected chi connectivity index (χ0v) is 22.2. The highest BCUT2D eigenvalue weighted by Gasteiger charge is 2.30. The number of carbonyl (C=O) groups excluding carboxylic acids is 1. The van der Waals surface area contributed by atoms with Gasteiger partial charge in [0.1, 0.15) is 22.8 Å². The zero-order chi connectivity index (χ0) is 27.1. The molecule has 1 saturated carbocycles. The van der Waals surface area contributed by atoms with Crippen molar-refractivity contribution in [3.8, 4) is 0 Å². The molecule has 1 saturated heterocycles. The van der Waals surface area contributed by atoms with Gasteiger partial charge in [0.2, 0.25) is 0 Å². The highest BCUT2D eigenvalue weighted by molar-refractivity contribution is 7.99. The zero-order valence-electron chi connectivity index (χ0n) is 21.4. The fraction of sp³-hybridized carbons (Fsp3) is 0.444. The molecule has 12 heteroatoms. The van der Waals surface area contributed by atoms with E-state index in [0.29, 0.717) is 43.6 Å². The number of amides is 1. The van der Waals surface area contributed by atoms with E-state index in [1.54, 1.807) is 15.2 Å². The molecule has 2 fully saturated rings. The molecule has 0 aromatic carbocycles. The number of halogens is 1. The molecule has 0 bridgehead atoms. The van der Waals surface area contributed by atoms with Crippen molar-refractivity contribution in [1.82, 2.24) is 28.8 Å². The van der Waals surface area contributed by atoms with Crippen LogP contribution in [-0.4, -0.2) is 47.0 Å². The standard InChI is InChI=1S/C27H30FN7O3S/c28-17-11-21-24(30-13-17)34(20-7-9-39-10-8-20)27(38)35(26(21)37)19-4-2-18(3-5-19)31-25(36)22-15-33-14-16(12-29)1-6-23(33)32-22/h1,6,11,13-15,18-20H,2-5,7-10,12,29H2,(H,31,36)/t18-,19+. The molecule has 4 aromatic heterocycles. The first-order valence-electron chi connectivity index (χ1n) is 13.3. The Morgan fingerprint density at radius 2 is 1.79 bits per heavy atom. The highest BCUT2D eigenvalue weighted by Crippen LogP contribution is 2.30. The van der Waals surface area contributed by atoms with Crippen LogP contribution in [0.4, 0.5) is 4.39 Å². The van der Waals surface area contributed by atoms with Crippen molar-refractivity contribution in [2.75, 3.05) is 11.5 Å². The summed E-state index contributed by atoms with van der Waals surface area (Å²) in [7, 11) is 0. The number of fused-ring (bicyclic) bond motifs is 2. The minimum Gasteiger partial charge on any atom is -0.348 e. The molecule has 0 atom stereocenters. The van der Waals surface area contributed by atoms with Gasteiger partial charge in [0.05, 0.1) is 11.6 Å².